The van der Waals surface area contributed by atoms with Crippen molar-refractivity contribution in [3.05, 3.63) is 51.7 Å². The van der Waals surface area contributed by atoms with Crippen molar-refractivity contribution in [1.29, 1.82) is 0 Å². The van der Waals surface area contributed by atoms with Crippen LogP contribution in [0.4, 0.5) is 0 Å². The van der Waals surface area contributed by atoms with E-state index in [1.54, 1.807) is 35.9 Å². The van der Waals surface area contributed by atoms with Crippen molar-refractivity contribution in [3.8, 4) is 0 Å². The van der Waals surface area contributed by atoms with Gasteiger partial charge >= 0.3 is 0 Å². The zero-order valence-electron chi connectivity index (χ0n) is 11.3. The van der Waals surface area contributed by atoms with E-state index in [1.165, 1.54) is 0 Å². The zero-order chi connectivity index (χ0) is 14.1. The van der Waals surface area contributed by atoms with Crippen LogP contribution >= 0.6 is 11.3 Å². The van der Waals surface area contributed by atoms with Crippen LogP contribution in [0.5, 0.6) is 0 Å². The lowest BCUT2D eigenvalue weighted by Crippen LogP contribution is -2.03. The number of carbonyl (C=O) groups excluding carboxylic acids is 1. The number of nitrogens with zero attached hydrogens (tertiary/aromatic N) is 3. The summed E-state index contributed by atoms with van der Waals surface area (Å²) in [5, 5.41) is 0.865. The molecule has 20 heavy (non-hydrogen) atoms. The Morgan fingerprint density at radius 3 is 2.60 bits per heavy atom. The Balaban J connectivity index is 1.88. The van der Waals surface area contributed by atoms with Crippen molar-refractivity contribution in [3.63, 3.8) is 0 Å². The normalized spacial score (nSPS) is 10.9. The summed E-state index contributed by atoms with van der Waals surface area (Å²) in [6.07, 6.45) is 3.61. The second kappa shape index (κ2) is 5.09. The molecule has 0 aliphatic rings. The van der Waals surface area contributed by atoms with Crippen LogP contribution in [0.2, 0.25) is 0 Å². The molecule has 2 heterocycles. The first-order chi connectivity index (χ1) is 9.63. The largest absolute Gasteiger partial charge is 0.294 e. The van der Waals surface area contributed by atoms with Crippen LogP contribution in [-0.4, -0.2) is 20.7 Å². The van der Waals surface area contributed by atoms with Gasteiger partial charge in [-0.15, -0.1) is 11.3 Å². The summed E-state index contributed by atoms with van der Waals surface area (Å²) in [5.41, 5.74) is 3.19. The summed E-state index contributed by atoms with van der Waals surface area (Å²) in [6.45, 7) is 3.98. The molecule has 0 radical (unpaired) electrons. The predicted octanol–water partition coefficient (Wildman–Crippen LogP) is 3.13. The number of thiazole rings is 1. The minimum absolute atomic E-state index is 0.0614. The first-order valence-electron chi connectivity index (χ1n) is 6.30. The number of aromatic nitrogens is 3. The Morgan fingerprint density at radius 1 is 1.15 bits per heavy atom. The molecular weight excluding hydrogens is 270 g/mol. The van der Waals surface area contributed by atoms with E-state index in [9.17, 15) is 4.79 Å². The molecule has 0 saturated heterocycles. The number of rotatable bonds is 3. The zero-order valence-corrected chi connectivity index (χ0v) is 12.1. The van der Waals surface area contributed by atoms with Crippen LogP contribution in [0.15, 0.2) is 30.6 Å². The molecule has 2 aromatic heterocycles. The van der Waals surface area contributed by atoms with Gasteiger partial charge in [0.05, 0.1) is 23.1 Å². The average Bonchev–Trinajstić information content (AvgIpc) is 2.76. The lowest BCUT2D eigenvalue weighted by atomic mass is 10.1. The number of Topliss-reactive ketones (excluding diaryl/α,β-unsaturated/α-hetero) is 1. The maximum atomic E-state index is 12.3. The number of aryl methyl sites for hydroxylation is 2. The number of carbonyl (C=O) groups is 1. The Morgan fingerprint density at radius 2 is 1.90 bits per heavy atom. The maximum absolute atomic E-state index is 12.3. The SMILES string of the molecule is Cc1nc(CC(=O)c2ccc3nccnc3c2)sc1C. The topological polar surface area (TPSA) is 55.7 Å². The molecule has 0 aliphatic heterocycles. The fourth-order valence-electron chi connectivity index (χ4n) is 1.99. The van der Waals surface area contributed by atoms with Gasteiger partial charge in [0.2, 0.25) is 0 Å². The average molecular weight is 283 g/mol. The third-order valence-electron chi connectivity index (χ3n) is 3.18. The quantitative estimate of drug-likeness (QED) is 0.693. The lowest BCUT2D eigenvalue weighted by Gasteiger charge is -2.00. The minimum atomic E-state index is 0.0614. The van der Waals surface area contributed by atoms with Gasteiger partial charge in [0.15, 0.2) is 5.78 Å². The van der Waals surface area contributed by atoms with Gasteiger partial charge in [0.25, 0.3) is 0 Å². The molecule has 4 nitrogen and oxygen atoms in total. The molecule has 0 spiro atoms. The Bertz CT molecular complexity index is 775. The molecular formula is C15H13N3OS. The van der Waals surface area contributed by atoms with Crippen LogP contribution in [-0.2, 0) is 6.42 Å². The summed E-state index contributed by atoms with van der Waals surface area (Å²) < 4.78 is 0. The summed E-state index contributed by atoms with van der Waals surface area (Å²) in [7, 11) is 0. The second-order valence-corrected chi connectivity index (χ2v) is 5.90. The Labute approximate surface area is 120 Å². The predicted molar refractivity (Wildman–Crippen MR) is 79.2 cm³/mol. The van der Waals surface area contributed by atoms with Gasteiger partial charge in [-0.1, -0.05) is 0 Å². The van der Waals surface area contributed by atoms with E-state index >= 15 is 0 Å². The second-order valence-electron chi connectivity index (χ2n) is 4.61. The molecule has 0 N–H and O–H groups in total. The highest BCUT2D eigenvalue weighted by Gasteiger charge is 2.12. The summed E-state index contributed by atoms with van der Waals surface area (Å²) >= 11 is 1.58. The van der Waals surface area contributed by atoms with Crippen LogP contribution in [0.1, 0.15) is 25.9 Å². The van der Waals surface area contributed by atoms with E-state index < -0.39 is 0 Å². The molecule has 0 aliphatic carbocycles. The maximum Gasteiger partial charge on any atom is 0.169 e. The summed E-state index contributed by atoms with van der Waals surface area (Å²) in [5.74, 6) is 0.0614. The number of benzene rings is 1. The van der Waals surface area contributed by atoms with E-state index in [2.05, 4.69) is 15.0 Å². The van der Waals surface area contributed by atoms with Crippen LogP contribution in [0.3, 0.4) is 0 Å². The Hall–Kier alpha value is -2.14. The van der Waals surface area contributed by atoms with Crippen LogP contribution in [0.25, 0.3) is 11.0 Å². The van der Waals surface area contributed by atoms with Gasteiger partial charge in [-0.25, -0.2) is 4.98 Å². The molecule has 0 unspecified atom stereocenters. The fraction of sp³-hybridized carbons (Fsp3) is 0.200. The van der Waals surface area contributed by atoms with Crippen molar-refractivity contribution >= 4 is 28.2 Å². The van der Waals surface area contributed by atoms with Gasteiger partial charge < -0.3 is 0 Å². The van der Waals surface area contributed by atoms with Crippen LogP contribution < -0.4 is 0 Å². The number of fused-ring (bicyclic) bond motifs is 1. The number of ketones is 1. The van der Waals surface area contributed by atoms with E-state index in [-0.39, 0.29) is 5.78 Å². The highest BCUT2D eigenvalue weighted by molar-refractivity contribution is 7.11. The molecule has 100 valence electrons. The summed E-state index contributed by atoms with van der Waals surface area (Å²) in [4.78, 5) is 26.3. The molecule has 5 heteroatoms. The number of hydrogen-bond acceptors (Lipinski definition) is 5. The van der Waals surface area contributed by atoms with Crippen molar-refractivity contribution in [1.82, 2.24) is 15.0 Å². The van der Waals surface area contributed by atoms with Gasteiger partial charge in [-0.3, -0.25) is 14.8 Å². The first-order valence-corrected chi connectivity index (χ1v) is 7.12. The van der Waals surface area contributed by atoms with Gasteiger partial charge in [-0.05, 0) is 32.0 Å². The minimum Gasteiger partial charge on any atom is -0.294 e. The molecule has 0 amide bonds. The highest BCUT2D eigenvalue weighted by atomic mass is 32.1. The van der Waals surface area contributed by atoms with Gasteiger partial charge in [0.1, 0.15) is 5.01 Å². The molecule has 3 rings (SSSR count). The monoisotopic (exact) mass is 283 g/mol. The van der Waals surface area contributed by atoms with Crippen molar-refractivity contribution in [2.75, 3.05) is 0 Å². The molecule has 0 bridgehead atoms. The van der Waals surface area contributed by atoms with Gasteiger partial charge in [0, 0.05) is 22.8 Å². The third kappa shape index (κ3) is 2.44. The Kier molecular flexibility index (Phi) is 3.28. The van der Waals surface area contributed by atoms with Crippen molar-refractivity contribution in [2.24, 2.45) is 0 Å². The molecule has 0 saturated carbocycles. The molecule has 1 aromatic carbocycles. The van der Waals surface area contributed by atoms with E-state index in [4.69, 9.17) is 0 Å². The standard InChI is InChI=1S/C15H13N3OS/c1-9-10(2)20-15(18-9)8-14(19)11-3-4-12-13(7-11)17-6-5-16-12/h3-7H,8H2,1-2H3. The smallest absolute Gasteiger partial charge is 0.169 e. The van der Waals surface area contributed by atoms with Crippen molar-refractivity contribution in [2.45, 2.75) is 20.3 Å². The van der Waals surface area contributed by atoms with E-state index in [0.29, 0.717) is 12.0 Å². The third-order valence-corrected chi connectivity index (χ3v) is 4.25. The fourth-order valence-corrected chi connectivity index (χ4v) is 2.92. The van der Waals surface area contributed by atoms with Crippen LogP contribution in [0, 0.1) is 13.8 Å². The lowest BCUT2D eigenvalue weighted by molar-refractivity contribution is 0.0993. The van der Waals surface area contributed by atoms with Gasteiger partial charge in [-0.2, -0.15) is 0 Å². The first kappa shape index (κ1) is 12.9. The molecule has 0 atom stereocenters. The number of hydrogen-bond donors (Lipinski definition) is 0. The molecule has 0 fully saturated rings. The van der Waals surface area contributed by atoms with E-state index in [0.717, 1.165) is 26.6 Å². The molecule has 3 aromatic rings. The van der Waals surface area contributed by atoms with E-state index in [1.807, 2.05) is 19.9 Å². The summed E-state index contributed by atoms with van der Waals surface area (Å²) in [6, 6.07) is 5.42. The van der Waals surface area contributed by atoms with Crippen molar-refractivity contribution < 1.29 is 4.79 Å². The highest BCUT2D eigenvalue weighted by Crippen LogP contribution is 2.19.